The van der Waals surface area contributed by atoms with Crippen LogP contribution in [0.15, 0.2) is 54.6 Å². The van der Waals surface area contributed by atoms with Gasteiger partial charge >= 0.3 is 6.03 Å². The van der Waals surface area contributed by atoms with Crippen molar-refractivity contribution < 1.29 is 14.5 Å². The van der Waals surface area contributed by atoms with Crippen LogP contribution in [0.2, 0.25) is 0 Å². The Morgan fingerprint density at radius 1 is 0.829 bits per heavy atom. The molecule has 0 aromatic heterocycles. The summed E-state index contributed by atoms with van der Waals surface area (Å²) in [7, 11) is 0. The molecule has 2 atom stereocenters. The monoisotopic (exact) mass is 476 g/mol. The van der Waals surface area contributed by atoms with E-state index in [1.807, 2.05) is 18.2 Å². The van der Waals surface area contributed by atoms with Gasteiger partial charge < -0.3 is 15.1 Å². The summed E-state index contributed by atoms with van der Waals surface area (Å²) in [5.41, 5.74) is 1.41. The van der Waals surface area contributed by atoms with Gasteiger partial charge in [0.1, 0.15) is 5.69 Å². The Bertz CT molecular complexity index is 1080. The highest BCUT2D eigenvalue weighted by molar-refractivity contribution is 5.91. The van der Waals surface area contributed by atoms with Crippen LogP contribution >= 0.6 is 0 Å². The number of para-hydroxylation sites is 2. The van der Waals surface area contributed by atoms with E-state index in [2.05, 4.69) is 22.3 Å². The van der Waals surface area contributed by atoms with Crippen molar-refractivity contribution >= 4 is 23.3 Å². The highest BCUT2D eigenvalue weighted by atomic mass is 16.6. The Kier molecular flexibility index (Phi) is 6.70. The van der Waals surface area contributed by atoms with Crippen LogP contribution in [0.5, 0.6) is 0 Å². The van der Waals surface area contributed by atoms with E-state index in [0.717, 1.165) is 45.2 Å². The van der Waals surface area contributed by atoms with Gasteiger partial charge in [-0.1, -0.05) is 42.5 Å². The molecule has 2 aliphatic heterocycles. The molecule has 3 aliphatic rings. The molecule has 0 bridgehead atoms. The molecule has 0 spiro atoms. The van der Waals surface area contributed by atoms with Crippen molar-refractivity contribution in [1.29, 1.82) is 0 Å². The number of hydrogen-bond acceptors (Lipinski definition) is 4. The molecule has 3 amide bonds. The average molecular weight is 477 g/mol. The van der Waals surface area contributed by atoms with Gasteiger partial charge in [0.05, 0.1) is 4.92 Å². The third-order valence-electron chi connectivity index (χ3n) is 8.02. The summed E-state index contributed by atoms with van der Waals surface area (Å²) in [5, 5.41) is 13.9. The van der Waals surface area contributed by atoms with E-state index < -0.39 is 4.92 Å². The van der Waals surface area contributed by atoms with Gasteiger partial charge in [-0.15, -0.1) is 0 Å². The number of amides is 3. The van der Waals surface area contributed by atoms with E-state index in [1.165, 1.54) is 11.6 Å². The maximum Gasteiger partial charge on any atom is 0.322 e. The number of anilines is 1. The van der Waals surface area contributed by atoms with Gasteiger partial charge in [-0.2, -0.15) is 0 Å². The maximum atomic E-state index is 13.0. The van der Waals surface area contributed by atoms with Crippen LogP contribution in [-0.2, 0) is 4.79 Å². The second-order valence-electron chi connectivity index (χ2n) is 10.1. The fourth-order valence-corrected chi connectivity index (χ4v) is 5.87. The number of carbonyl (C=O) groups is 2. The van der Waals surface area contributed by atoms with Crippen molar-refractivity contribution in [3.63, 3.8) is 0 Å². The summed E-state index contributed by atoms with van der Waals surface area (Å²) in [6.45, 7) is 2.97. The normalized spacial score (nSPS) is 23.1. The van der Waals surface area contributed by atoms with E-state index in [-0.39, 0.29) is 23.3 Å². The van der Waals surface area contributed by atoms with Gasteiger partial charge in [0, 0.05) is 38.2 Å². The predicted octanol–water partition coefficient (Wildman–Crippen LogP) is 4.88. The van der Waals surface area contributed by atoms with Crippen molar-refractivity contribution in [2.75, 3.05) is 31.5 Å². The van der Waals surface area contributed by atoms with Crippen molar-refractivity contribution in [3.05, 3.63) is 70.3 Å². The standard InChI is InChI=1S/C27H32N4O4/c32-26(23-18-22(23)21-6-2-1-3-7-21)29-14-10-19(11-15-29)20-12-16-30(17-13-20)27(33)28-24-8-4-5-9-25(24)31(34)35/h1-9,19-20,22-23H,10-18H2,(H,28,33). The first-order chi connectivity index (χ1) is 17.0. The van der Waals surface area contributed by atoms with Gasteiger partial charge in [-0.3, -0.25) is 14.9 Å². The lowest BCUT2D eigenvalue weighted by molar-refractivity contribution is -0.383. The van der Waals surface area contributed by atoms with E-state index >= 15 is 0 Å². The van der Waals surface area contributed by atoms with E-state index in [9.17, 15) is 19.7 Å². The molecule has 35 heavy (non-hydrogen) atoms. The average Bonchev–Trinajstić information content (AvgIpc) is 3.70. The van der Waals surface area contributed by atoms with E-state index in [0.29, 0.717) is 36.8 Å². The quantitative estimate of drug-likeness (QED) is 0.491. The molecule has 2 saturated heterocycles. The third-order valence-corrected chi connectivity index (χ3v) is 8.02. The Morgan fingerprint density at radius 2 is 1.40 bits per heavy atom. The molecule has 0 radical (unpaired) electrons. The molecule has 8 nitrogen and oxygen atoms in total. The van der Waals surface area contributed by atoms with Crippen molar-refractivity contribution in [1.82, 2.24) is 9.80 Å². The topological polar surface area (TPSA) is 95.8 Å². The molecular weight excluding hydrogens is 444 g/mol. The molecule has 5 rings (SSSR count). The third kappa shape index (κ3) is 5.16. The highest BCUT2D eigenvalue weighted by Gasteiger charge is 2.46. The SMILES string of the molecule is O=C(Nc1ccccc1[N+](=O)[O-])N1CCC(C2CCN(C(=O)C3CC3c3ccccc3)CC2)CC1. The zero-order valence-corrected chi connectivity index (χ0v) is 19.8. The summed E-state index contributed by atoms with van der Waals surface area (Å²) in [4.78, 5) is 40.2. The summed E-state index contributed by atoms with van der Waals surface area (Å²) in [6, 6.07) is 16.3. The minimum Gasteiger partial charge on any atom is -0.342 e. The van der Waals surface area contributed by atoms with Crippen molar-refractivity contribution in [2.24, 2.45) is 17.8 Å². The van der Waals surface area contributed by atoms with Crippen LogP contribution in [0.25, 0.3) is 0 Å². The number of rotatable bonds is 5. The second-order valence-corrected chi connectivity index (χ2v) is 10.1. The molecule has 1 saturated carbocycles. The van der Waals surface area contributed by atoms with Gasteiger partial charge in [-0.05, 0) is 61.5 Å². The molecule has 2 aromatic rings. The number of likely N-dealkylation sites (tertiary alicyclic amines) is 2. The molecule has 2 unspecified atom stereocenters. The smallest absolute Gasteiger partial charge is 0.322 e. The molecule has 1 aliphatic carbocycles. The fourth-order valence-electron chi connectivity index (χ4n) is 5.87. The van der Waals surface area contributed by atoms with Gasteiger partial charge in [0.15, 0.2) is 0 Å². The lowest BCUT2D eigenvalue weighted by Crippen LogP contribution is -2.45. The number of nitro groups is 1. The number of nitro benzene ring substituents is 1. The molecule has 2 aromatic carbocycles. The lowest BCUT2D eigenvalue weighted by atomic mass is 9.79. The molecule has 184 valence electrons. The zero-order valence-electron chi connectivity index (χ0n) is 19.8. The summed E-state index contributed by atoms with van der Waals surface area (Å²) in [5.74, 6) is 1.99. The second kappa shape index (κ2) is 10.1. The predicted molar refractivity (Wildman–Crippen MR) is 133 cm³/mol. The Hall–Kier alpha value is -3.42. The molecule has 2 heterocycles. The molecule has 8 heteroatoms. The van der Waals surface area contributed by atoms with Gasteiger partial charge in [-0.25, -0.2) is 4.79 Å². The number of carbonyl (C=O) groups excluding carboxylic acids is 2. The minimum absolute atomic E-state index is 0.0988. The Morgan fingerprint density at radius 3 is 2.03 bits per heavy atom. The number of nitrogens with one attached hydrogen (secondary N) is 1. The highest BCUT2D eigenvalue weighted by Crippen LogP contribution is 2.48. The number of nitrogens with zero attached hydrogens (tertiary/aromatic N) is 3. The van der Waals surface area contributed by atoms with E-state index in [1.54, 1.807) is 23.1 Å². The Labute approximate surface area is 205 Å². The lowest BCUT2D eigenvalue weighted by Gasteiger charge is -2.40. The molecular formula is C27H32N4O4. The number of urea groups is 1. The first kappa shape index (κ1) is 23.3. The van der Waals surface area contributed by atoms with E-state index in [4.69, 9.17) is 0 Å². The first-order valence-electron chi connectivity index (χ1n) is 12.6. The van der Waals surface area contributed by atoms with Crippen LogP contribution in [0.1, 0.15) is 43.6 Å². The van der Waals surface area contributed by atoms with Crippen LogP contribution < -0.4 is 5.32 Å². The fraction of sp³-hybridized carbons (Fsp3) is 0.481. The summed E-state index contributed by atoms with van der Waals surface area (Å²) >= 11 is 0. The van der Waals surface area contributed by atoms with Gasteiger partial charge in [0.2, 0.25) is 5.91 Å². The number of piperidine rings is 2. The van der Waals surface area contributed by atoms with Crippen molar-refractivity contribution in [2.45, 2.75) is 38.0 Å². The van der Waals surface area contributed by atoms with Gasteiger partial charge in [0.25, 0.3) is 5.69 Å². The van der Waals surface area contributed by atoms with Crippen molar-refractivity contribution in [3.8, 4) is 0 Å². The van der Waals surface area contributed by atoms with Crippen LogP contribution in [0.4, 0.5) is 16.2 Å². The summed E-state index contributed by atoms with van der Waals surface area (Å²) in [6.07, 6.45) is 4.89. The molecule has 3 fully saturated rings. The number of benzene rings is 2. The maximum absolute atomic E-state index is 13.0. The zero-order chi connectivity index (χ0) is 24.4. The van der Waals surface area contributed by atoms with Crippen LogP contribution in [0, 0.1) is 27.9 Å². The first-order valence-corrected chi connectivity index (χ1v) is 12.6. The largest absolute Gasteiger partial charge is 0.342 e. The minimum atomic E-state index is -0.482. The molecule has 1 N–H and O–H groups in total. The van der Waals surface area contributed by atoms with Crippen LogP contribution in [0.3, 0.4) is 0 Å². The number of hydrogen-bond donors (Lipinski definition) is 1. The summed E-state index contributed by atoms with van der Waals surface area (Å²) < 4.78 is 0. The van der Waals surface area contributed by atoms with Crippen LogP contribution in [-0.4, -0.2) is 52.8 Å². The Balaban J connectivity index is 1.07.